The SMILES string of the molecule is C=C(Cl)CNc1ccc(F)cc1S(=O)(=O)C(F)(F)F. The van der Waals surface area contributed by atoms with Crippen LogP contribution in [0.1, 0.15) is 0 Å². The van der Waals surface area contributed by atoms with E-state index in [1.165, 1.54) is 0 Å². The van der Waals surface area contributed by atoms with Crippen molar-refractivity contribution < 1.29 is 26.0 Å². The number of hydrogen-bond acceptors (Lipinski definition) is 3. The van der Waals surface area contributed by atoms with Crippen molar-refractivity contribution in [1.29, 1.82) is 0 Å². The molecular formula is C10H8ClF4NO2S. The Kier molecular flexibility index (Phi) is 4.46. The third kappa shape index (κ3) is 3.60. The van der Waals surface area contributed by atoms with E-state index in [0.717, 1.165) is 12.1 Å². The van der Waals surface area contributed by atoms with Crippen molar-refractivity contribution in [2.24, 2.45) is 0 Å². The van der Waals surface area contributed by atoms with E-state index in [2.05, 4.69) is 11.9 Å². The van der Waals surface area contributed by atoms with Crippen molar-refractivity contribution in [3.8, 4) is 0 Å². The van der Waals surface area contributed by atoms with Crippen LogP contribution in [0.25, 0.3) is 0 Å². The molecule has 1 N–H and O–H groups in total. The minimum absolute atomic E-state index is 0.0553. The zero-order valence-corrected chi connectivity index (χ0v) is 10.8. The van der Waals surface area contributed by atoms with Gasteiger partial charge in [-0.2, -0.15) is 13.2 Å². The van der Waals surface area contributed by atoms with Gasteiger partial charge in [0, 0.05) is 5.03 Å². The van der Waals surface area contributed by atoms with Gasteiger partial charge < -0.3 is 5.32 Å². The molecule has 106 valence electrons. The largest absolute Gasteiger partial charge is 0.501 e. The van der Waals surface area contributed by atoms with Crippen LogP contribution in [0.2, 0.25) is 0 Å². The highest BCUT2D eigenvalue weighted by Crippen LogP contribution is 2.34. The van der Waals surface area contributed by atoms with E-state index in [1.54, 1.807) is 0 Å². The highest BCUT2D eigenvalue weighted by atomic mass is 35.5. The first kappa shape index (κ1) is 15.8. The van der Waals surface area contributed by atoms with Gasteiger partial charge in [0.1, 0.15) is 10.7 Å². The Morgan fingerprint density at radius 2 is 1.95 bits per heavy atom. The summed E-state index contributed by atoms with van der Waals surface area (Å²) in [5.41, 5.74) is -5.92. The average Bonchev–Trinajstić information content (AvgIpc) is 2.25. The van der Waals surface area contributed by atoms with Gasteiger partial charge in [0.2, 0.25) is 0 Å². The number of rotatable bonds is 4. The molecule has 1 aromatic carbocycles. The first-order chi connectivity index (χ1) is 8.55. The minimum Gasteiger partial charge on any atom is -0.379 e. The third-order valence-electron chi connectivity index (χ3n) is 2.01. The Bertz CT molecular complexity index is 598. The number of alkyl halides is 3. The molecule has 19 heavy (non-hydrogen) atoms. The van der Waals surface area contributed by atoms with Crippen molar-refractivity contribution in [1.82, 2.24) is 0 Å². The van der Waals surface area contributed by atoms with Gasteiger partial charge in [-0.05, 0) is 18.2 Å². The monoisotopic (exact) mass is 317 g/mol. The molecule has 0 aliphatic carbocycles. The summed E-state index contributed by atoms with van der Waals surface area (Å²) < 4.78 is 72.9. The molecule has 1 aromatic rings. The standard InChI is InChI=1S/C10H8ClF4NO2S/c1-6(11)5-16-8-3-2-7(12)4-9(8)19(17,18)10(13,14)15/h2-4,16H,1,5H2. The Morgan fingerprint density at radius 1 is 1.37 bits per heavy atom. The second-order valence-corrected chi connectivity index (χ2v) is 5.90. The fourth-order valence-electron chi connectivity index (χ4n) is 1.18. The number of hydrogen-bond donors (Lipinski definition) is 1. The Morgan fingerprint density at radius 3 is 2.42 bits per heavy atom. The summed E-state index contributed by atoms with van der Waals surface area (Å²) in [5.74, 6) is -1.10. The van der Waals surface area contributed by atoms with E-state index in [-0.39, 0.29) is 11.6 Å². The molecule has 0 atom stereocenters. The van der Waals surface area contributed by atoms with Crippen molar-refractivity contribution in [2.45, 2.75) is 10.4 Å². The number of anilines is 1. The van der Waals surface area contributed by atoms with Gasteiger partial charge in [-0.25, -0.2) is 12.8 Å². The highest BCUT2D eigenvalue weighted by Gasteiger charge is 2.48. The van der Waals surface area contributed by atoms with Crippen LogP contribution >= 0.6 is 11.6 Å². The molecular weight excluding hydrogens is 310 g/mol. The predicted octanol–water partition coefficient (Wildman–Crippen LogP) is 3.28. The molecule has 1 rings (SSSR count). The topological polar surface area (TPSA) is 46.2 Å². The van der Waals surface area contributed by atoms with E-state index in [4.69, 9.17) is 11.6 Å². The van der Waals surface area contributed by atoms with Crippen molar-refractivity contribution in [3.63, 3.8) is 0 Å². The third-order valence-corrected chi connectivity index (χ3v) is 3.67. The van der Waals surface area contributed by atoms with E-state index >= 15 is 0 Å². The fraction of sp³-hybridized carbons (Fsp3) is 0.200. The number of nitrogens with one attached hydrogen (secondary N) is 1. The molecule has 0 radical (unpaired) electrons. The quantitative estimate of drug-likeness (QED) is 0.867. The first-order valence-corrected chi connectivity index (χ1v) is 6.60. The summed E-state index contributed by atoms with van der Waals surface area (Å²) in [6.45, 7) is 3.13. The molecule has 0 saturated heterocycles. The molecule has 0 aliphatic heterocycles. The second kappa shape index (κ2) is 5.38. The first-order valence-electron chi connectivity index (χ1n) is 4.74. The lowest BCUT2D eigenvalue weighted by Crippen LogP contribution is -2.24. The maximum Gasteiger partial charge on any atom is 0.501 e. The van der Waals surface area contributed by atoms with Crippen molar-refractivity contribution in [2.75, 3.05) is 11.9 Å². The molecule has 0 amide bonds. The van der Waals surface area contributed by atoms with Gasteiger partial charge in [-0.3, -0.25) is 0 Å². The van der Waals surface area contributed by atoms with E-state index in [0.29, 0.717) is 6.07 Å². The van der Waals surface area contributed by atoms with Gasteiger partial charge in [-0.1, -0.05) is 18.2 Å². The van der Waals surface area contributed by atoms with Crippen LogP contribution in [-0.4, -0.2) is 20.5 Å². The van der Waals surface area contributed by atoms with Crippen LogP contribution in [0.4, 0.5) is 23.2 Å². The lowest BCUT2D eigenvalue weighted by Gasteiger charge is -2.14. The molecule has 0 aliphatic rings. The van der Waals surface area contributed by atoms with Crippen molar-refractivity contribution in [3.05, 3.63) is 35.6 Å². The molecule has 0 heterocycles. The normalized spacial score (nSPS) is 12.3. The zero-order valence-electron chi connectivity index (χ0n) is 9.26. The van der Waals surface area contributed by atoms with E-state index in [9.17, 15) is 26.0 Å². The second-order valence-electron chi connectivity index (χ2n) is 3.46. The number of benzene rings is 1. The van der Waals surface area contributed by atoms with Crippen LogP contribution < -0.4 is 5.32 Å². The molecule has 9 heteroatoms. The summed E-state index contributed by atoms with van der Waals surface area (Å²) in [7, 11) is -5.65. The molecule has 3 nitrogen and oxygen atoms in total. The highest BCUT2D eigenvalue weighted by molar-refractivity contribution is 7.92. The van der Waals surface area contributed by atoms with Gasteiger partial charge in [0.25, 0.3) is 9.84 Å². The number of halogens is 5. The lowest BCUT2D eigenvalue weighted by atomic mass is 10.3. The zero-order chi connectivity index (χ0) is 14.8. The van der Waals surface area contributed by atoms with Gasteiger partial charge in [0.05, 0.1) is 12.2 Å². The Hall–Kier alpha value is -1.28. The van der Waals surface area contributed by atoms with Gasteiger partial charge in [0.15, 0.2) is 0 Å². The van der Waals surface area contributed by atoms with Crippen LogP contribution in [0.15, 0.2) is 34.7 Å². The molecule has 0 unspecified atom stereocenters. The molecule has 0 fully saturated rings. The van der Waals surface area contributed by atoms with Crippen LogP contribution in [0.5, 0.6) is 0 Å². The summed E-state index contributed by atoms with van der Waals surface area (Å²) in [5, 5.41) is 2.40. The number of sulfone groups is 1. The smallest absolute Gasteiger partial charge is 0.379 e. The Balaban J connectivity index is 3.33. The molecule has 0 bridgehead atoms. The summed E-state index contributed by atoms with van der Waals surface area (Å²) in [6, 6.07) is 2.00. The predicted molar refractivity (Wildman–Crippen MR) is 63.1 cm³/mol. The van der Waals surface area contributed by atoms with Gasteiger partial charge >= 0.3 is 5.51 Å². The summed E-state index contributed by atoms with van der Waals surface area (Å²) >= 11 is 5.41. The van der Waals surface area contributed by atoms with Crippen LogP contribution in [-0.2, 0) is 9.84 Å². The maximum absolute atomic E-state index is 13.0. The van der Waals surface area contributed by atoms with E-state index in [1.807, 2.05) is 0 Å². The van der Waals surface area contributed by atoms with Crippen molar-refractivity contribution >= 4 is 27.1 Å². The lowest BCUT2D eigenvalue weighted by molar-refractivity contribution is -0.0435. The molecule has 0 spiro atoms. The summed E-state index contributed by atoms with van der Waals surface area (Å²) in [6.07, 6.45) is 0. The average molecular weight is 318 g/mol. The fourth-order valence-corrected chi connectivity index (χ4v) is 2.19. The summed E-state index contributed by atoms with van der Waals surface area (Å²) in [4.78, 5) is -1.20. The maximum atomic E-state index is 13.0. The molecule has 0 aromatic heterocycles. The van der Waals surface area contributed by atoms with Crippen LogP contribution in [0.3, 0.4) is 0 Å². The molecule has 0 saturated carbocycles. The van der Waals surface area contributed by atoms with Gasteiger partial charge in [-0.15, -0.1) is 0 Å². The van der Waals surface area contributed by atoms with E-state index < -0.39 is 31.7 Å². The Labute approximate surface area is 111 Å². The van der Waals surface area contributed by atoms with Crippen LogP contribution in [0, 0.1) is 5.82 Å². The minimum atomic E-state index is -5.65.